The molecule has 0 N–H and O–H groups in total. The van der Waals surface area contributed by atoms with Crippen LogP contribution < -0.4 is 0 Å². The fraction of sp³-hybridized carbons (Fsp3) is 0.438. The molecule has 0 aliphatic rings. The van der Waals surface area contributed by atoms with E-state index >= 15 is 0 Å². The highest BCUT2D eigenvalue weighted by atomic mass is 16.5. The van der Waals surface area contributed by atoms with Crippen molar-refractivity contribution in [2.45, 2.75) is 39.0 Å². The number of aryl methyl sites for hydroxylation is 1. The van der Waals surface area contributed by atoms with Crippen LogP contribution in [0, 0.1) is 0 Å². The van der Waals surface area contributed by atoms with E-state index in [4.69, 9.17) is 4.74 Å². The van der Waals surface area contributed by atoms with Crippen LogP contribution in [0.5, 0.6) is 0 Å². The van der Waals surface area contributed by atoms with Gasteiger partial charge in [-0.15, -0.1) is 6.58 Å². The van der Waals surface area contributed by atoms with Gasteiger partial charge < -0.3 is 4.74 Å². The topological polar surface area (TPSA) is 26.3 Å². The van der Waals surface area contributed by atoms with Crippen molar-refractivity contribution < 1.29 is 9.53 Å². The van der Waals surface area contributed by atoms with Crippen LogP contribution in [0.25, 0.3) is 0 Å². The number of methoxy groups -OCH3 is 1. The second-order valence-electron chi connectivity index (χ2n) is 5.27. The normalized spacial score (nSPS) is 11.1. The first kappa shape index (κ1) is 14.5. The number of allylic oxidation sites excluding steroid dienone is 1. The molecule has 18 heavy (non-hydrogen) atoms. The minimum Gasteiger partial charge on any atom is -0.468 e. The molecule has 0 bridgehead atoms. The lowest BCUT2D eigenvalue weighted by Gasteiger charge is -2.22. The molecular weight excluding hydrogens is 224 g/mol. The van der Waals surface area contributed by atoms with E-state index in [1.165, 1.54) is 18.2 Å². The number of ether oxygens (including phenoxy) is 1. The maximum Gasteiger partial charge on any atom is 0.315 e. The van der Waals surface area contributed by atoms with Crippen LogP contribution in [0.2, 0.25) is 0 Å². The molecule has 2 nitrogen and oxygen atoms in total. The van der Waals surface area contributed by atoms with Crippen molar-refractivity contribution in [2.75, 3.05) is 7.11 Å². The molecule has 0 saturated carbocycles. The third-order valence-corrected chi connectivity index (χ3v) is 3.21. The van der Waals surface area contributed by atoms with E-state index in [2.05, 4.69) is 18.7 Å². The Morgan fingerprint density at radius 3 is 2.28 bits per heavy atom. The van der Waals surface area contributed by atoms with Crippen molar-refractivity contribution in [3.8, 4) is 0 Å². The van der Waals surface area contributed by atoms with Gasteiger partial charge in [-0.05, 0) is 44.7 Å². The Bertz CT molecular complexity index is 427. The molecule has 0 radical (unpaired) electrons. The summed E-state index contributed by atoms with van der Waals surface area (Å²) in [4.78, 5) is 11.7. The molecule has 1 aromatic rings. The van der Waals surface area contributed by atoms with Gasteiger partial charge in [0, 0.05) is 0 Å². The number of benzene rings is 1. The monoisotopic (exact) mass is 246 g/mol. The van der Waals surface area contributed by atoms with E-state index in [1.54, 1.807) is 0 Å². The zero-order valence-corrected chi connectivity index (χ0v) is 11.7. The van der Waals surface area contributed by atoms with E-state index in [-0.39, 0.29) is 5.97 Å². The highest BCUT2D eigenvalue weighted by Crippen LogP contribution is 2.25. The minimum absolute atomic E-state index is 0.211. The molecule has 0 aromatic heterocycles. The molecule has 2 heteroatoms. The fourth-order valence-corrected chi connectivity index (χ4v) is 1.82. The van der Waals surface area contributed by atoms with Gasteiger partial charge in [0.15, 0.2) is 0 Å². The van der Waals surface area contributed by atoms with Crippen molar-refractivity contribution in [1.82, 2.24) is 0 Å². The highest BCUT2D eigenvalue weighted by molar-refractivity contribution is 5.82. The minimum atomic E-state index is -0.596. The van der Waals surface area contributed by atoms with Crippen LogP contribution in [-0.2, 0) is 21.4 Å². The lowest BCUT2D eigenvalue weighted by molar-refractivity contribution is -0.146. The SMILES string of the molecule is C=C(C)CCc1ccc(C(C)(C)C(=O)OC)cc1. The Hall–Kier alpha value is -1.57. The van der Waals surface area contributed by atoms with Crippen LogP contribution in [0.1, 0.15) is 38.3 Å². The third-order valence-electron chi connectivity index (χ3n) is 3.21. The first-order valence-corrected chi connectivity index (χ1v) is 6.20. The molecule has 0 heterocycles. The van der Waals surface area contributed by atoms with Gasteiger partial charge in [0.1, 0.15) is 0 Å². The van der Waals surface area contributed by atoms with Crippen molar-refractivity contribution in [3.63, 3.8) is 0 Å². The highest BCUT2D eigenvalue weighted by Gasteiger charge is 2.30. The Kier molecular flexibility index (Phi) is 4.71. The second-order valence-corrected chi connectivity index (χ2v) is 5.27. The Morgan fingerprint density at radius 1 is 1.28 bits per heavy atom. The van der Waals surface area contributed by atoms with Crippen molar-refractivity contribution >= 4 is 5.97 Å². The molecule has 0 amide bonds. The fourth-order valence-electron chi connectivity index (χ4n) is 1.82. The van der Waals surface area contributed by atoms with Gasteiger partial charge in [0.25, 0.3) is 0 Å². The molecule has 1 aromatic carbocycles. The molecule has 1 rings (SSSR count). The van der Waals surface area contributed by atoms with Crippen LogP contribution in [0.15, 0.2) is 36.4 Å². The predicted molar refractivity (Wildman–Crippen MR) is 74.6 cm³/mol. The van der Waals surface area contributed by atoms with Gasteiger partial charge in [0.2, 0.25) is 0 Å². The summed E-state index contributed by atoms with van der Waals surface area (Å²) in [5.41, 5.74) is 2.84. The van der Waals surface area contributed by atoms with E-state index in [9.17, 15) is 4.79 Å². The molecule has 98 valence electrons. The first-order chi connectivity index (χ1) is 8.37. The molecule has 0 aliphatic carbocycles. The summed E-state index contributed by atoms with van der Waals surface area (Å²) in [5, 5.41) is 0. The maximum absolute atomic E-state index is 11.7. The van der Waals surface area contributed by atoms with Gasteiger partial charge >= 0.3 is 5.97 Å². The number of hydrogen-bond donors (Lipinski definition) is 0. The van der Waals surface area contributed by atoms with Crippen molar-refractivity contribution in [1.29, 1.82) is 0 Å². The van der Waals surface area contributed by atoms with Crippen molar-refractivity contribution in [3.05, 3.63) is 47.5 Å². The number of hydrogen-bond acceptors (Lipinski definition) is 2. The summed E-state index contributed by atoms with van der Waals surface area (Å²) in [6.45, 7) is 9.69. The Morgan fingerprint density at radius 2 is 1.83 bits per heavy atom. The molecule has 0 saturated heterocycles. The molecular formula is C16H22O2. The van der Waals surface area contributed by atoms with Crippen LogP contribution in [0.3, 0.4) is 0 Å². The van der Waals surface area contributed by atoms with Gasteiger partial charge in [-0.2, -0.15) is 0 Å². The van der Waals surface area contributed by atoms with Gasteiger partial charge in [0.05, 0.1) is 12.5 Å². The predicted octanol–water partition coefficient (Wildman–Crippen LogP) is 3.65. The summed E-state index contributed by atoms with van der Waals surface area (Å²) in [6.07, 6.45) is 1.99. The molecule has 0 unspecified atom stereocenters. The standard InChI is InChI=1S/C16H22O2/c1-12(2)6-7-13-8-10-14(11-9-13)16(3,4)15(17)18-5/h8-11H,1,6-7H2,2-5H3. The molecule has 0 fully saturated rings. The van der Waals surface area contributed by atoms with Crippen molar-refractivity contribution in [2.24, 2.45) is 0 Å². The quantitative estimate of drug-likeness (QED) is 0.585. The summed E-state index contributed by atoms with van der Waals surface area (Å²) in [7, 11) is 1.42. The third kappa shape index (κ3) is 3.46. The summed E-state index contributed by atoms with van der Waals surface area (Å²) < 4.78 is 4.83. The number of esters is 1. The number of rotatable bonds is 5. The maximum atomic E-state index is 11.7. The molecule has 0 spiro atoms. The lowest BCUT2D eigenvalue weighted by Crippen LogP contribution is -2.30. The van der Waals surface area contributed by atoms with Crippen LogP contribution >= 0.6 is 0 Å². The van der Waals surface area contributed by atoms with E-state index in [0.29, 0.717) is 0 Å². The van der Waals surface area contributed by atoms with Crippen LogP contribution in [-0.4, -0.2) is 13.1 Å². The smallest absolute Gasteiger partial charge is 0.315 e. The lowest BCUT2D eigenvalue weighted by atomic mass is 9.84. The first-order valence-electron chi connectivity index (χ1n) is 6.20. The zero-order valence-electron chi connectivity index (χ0n) is 11.7. The van der Waals surface area contributed by atoms with Gasteiger partial charge in [-0.25, -0.2) is 0 Å². The summed E-state index contributed by atoms with van der Waals surface area (Å²) >= 11 is 0. The second kappa shape index (κ2) is 5.85. The van der Waals surface area contributed by atoms with E-state index in [0.717, 1.165) is 18.4 Å². The number of carbonyl (C=O) groups is 1. The average molecular weight is 246 g/mol. The molecule has 0 atom stereocenters. The average Bonchev–Trinajstić information content (AvgIpc) is 2.35. The summed E-state index contributed by atoms with van der Waals surface area (Å²) in [6, 6.07) is 8.15. The largest absolute Gasteiger partial charge is 0.468 e. The van der Waals surface area contributed by atoms with Gasteiger partial charge in [-0.1, -0.05) is 29.8 Å². The van der Waals surface area contributed by atoms with E-state index in [1.807, 2.05) is 32.9 Å². The van der Waals surface area contributed by atoms with Gasteiger partial charge in [-0.3, -0.25) is 4.79 Å². The van der Waals surface area contributed by atoms with Crippen LogP contribution in [0.4, 0.5) is 0 Å². The molecule has 0 aliphatic heterocycles. The zero-order chi connectivity index (χ0) is 13.8. The van der Waals surface area contributed by atoms with E-state index < -0.39 is 5.41 Å². The Labute approximate surface area is 110 Å². The Balaban J connectivity index is 2.82. The summed E-state index contributed by atoms with van der Waals surface area (Å²) in [5.74, 6) is -0.211. The number of carbonyl (C=O) groups excluding carboxylic acids is 1.